The van der Waals surface area contributed by atoms with Crippen molar-refractivity contribution in [2.45, 2.75) is 13.0 Å². The second-order valence-corrected chi connectivity index (χ2v) is 4.56. The van der Waals surface area contributed by atoms with Crippen molar-refractivity contribution in [3.05, 3.63) is 64.2 Å². The molecule has 0 aliphatic rings. The van der Waals surface area contributed by atoms with Crippen molar-refractivity contribution in [1.29, 1.82) is 0 Å². The van der Waals surface area contributed by atoms with Crippen LogP contribution in [0, 0.1) is 12.7 Å². The first kappa shape index (κ1) is 13.0. The van der Waals surface area contributed by atoms with Crippen molar-refractivity contribution in [1.82, 2.24) is 10.3 Å². The average Bonchev–Trinajstić information content (AvgIpc) is 2.36. The molecule has 0 radical (unpaired) electrons. The van der Waals surface area contributed by atoms with E-state index in [1.54, 1.807) is 31.6 Å². The number of halogens is 2. The summed E-state index contributed by atoms with van der Waals surface area (Å²) in [4.78, 5) is 4.10. The maximum absolute atomic E-state index is 13.9. The molecule has 1 unspecified atom stereocenters. The molecule has 94 valence electrons. The van der Waals surface area contributed by atoms with Gasteiger partial charge in [0.25, 0.3) is 0 Å². The van der Waals surface area contributed by atoms with Gasteiger partial charge in [-0.25, -0.2) is 4.39 Å². The Hall–Kier alpha value is -1.45. The Labute approximate surface area is 111 Å². The molecule has 0 spiro atoms. The molecule has 0 aliphatic heterocycles. The fourth-order valence-electron chi connectivity index (χ4n) is 1.99. The van der Waals surface area contributed by atoms with Crippen LogP contribution >= 0.6 is 11.6 Å². The topological polar surface area (TPSA) is 24.9 Å². The molecule has 2 aromatic rings. The van der Waals surface area contributed by atoms with E-state index in [0.717, 1.165) is 11.1 Å². The molecule has 1 heterocycles. The fraction of sp³-hybridized carbons (Fsp3) is 0.214. The molecule has 0 saturated carbocycles. The van der Waals surface area contributed by atoms with Crippen LogP contribution in [0.25, 0.3) is 0 Å². The number of nitrogens with one attached hydrogen (secondary N) is 1. The van der Waals surface area contributed by atoms with E-state index in [0.29, 0.717) is 10.6 Å². The third kappa shape index (κ3) is 2.52. The first-order chi connectivity index (χ1) is 8.63. The Morgan fingerprint density at radius 1 is 1.28 bits per heavy atom. The van der Waals surface area contributed by atoms with Crippen molar-refractivity contribution in [2.24, 2.45) is 0 Å². The van der Waals surface area contributed by atoms with Gasteiger partial charge in [0.1, 0.15) is 5.82 Å². The number of pyridine rings is 1. The molecule has 0 bridgehead atoms. The normalized spacial score (nSPS) is 12.4. The van der Waals surface area contributed by atoms with E-state index >= 15 is 0 Å². The Kier molecular flexibility index (Phi) is 3.94. The minimum atomic E-state index is -0.276. The molecule has 18 heavy (non-hydrogen) atoms. The van der Waals surface area contributed by atoms with Crippen molar-refractivity contribution < 1.29 is 4.39 Å². The molecule has 1 atom stereocenters. The monoisotopic (exact) mass is 264 g/mol. The number of hydrogen-bond donors (Lipinski definition) is 1. The number of nitrogens with zero attached hydrogens (tertiary/aromatic N) is 1. The highest BCUT2D eigenvalue weighted by atomic mass is 35.5. The molecule has 2 nitrogen and oxygen atoms in total. The molecule has 0 amide bonds. The summed E-state index contributed by atoms with van der Waals surface area (Å²) in [7, 11) is 1.79. The van der Waals surface area contributed by atoms with Gasteiger partial charge in [-0.05, 0) is 49.4 Å². The van der Waals surface area contributed by atoms with Crippen LogP contribution in [0.2, 0.25) is 5.02 Å². The van der Waals surface area contributed by atoms with Gasteiger partial charge >= 0.3 is 0 Å². The second kappa shape index (κ2) is 5.46. The number of aryl methyl sites for hydroxylation is 1. The summed E-state index contributed by atoms with van der Waals surface area (Å²) in [5, 5.41) is 3.63. The SMILES string of the molecule is CNC(c1cnccc1C)c1cc(Cl)ccc1F. The van der Waals surface area contributed by atoms with Crippen LogP contribution in [0.4, 0.5) is 4.39 Å². The molecular weight excluding hydrogens is 251 g/mol. The van der Waals surface area contributed by atoms with Crippen LogP contribution in [0.5, 0.6) is 0 Å². The molecular formula is C14H14ClFN2. The molecule has 1 aromatic carbocycles. The highest BCUT2D eigenvalue weighted by molar-refractivity contribution is 6.30. The molecule has 1 N–H and O–H groups in total. The molecule has 0 saturated heterocycles. The highest BCUT2D eigenvalue weighted by Gasteiger charge is 2.18. The number of aromatic nitrogens is 1. The van der Waals surface area contributed by atoms with Crippen LogP contribution in [0.3, 0.4) is 0 Å². The largest absolute Gasteiger partial charge is 0.309 e. The molecule has 0 aliphatic carbocycles. The zero-order valence-corrected chi connectivity index (χ0v) is 11.0. The predicted octanol–water partition coefficient (Wildman–Crippen LogP) is 3.49. The van der Waals surface area contributed by atoms with E-state index in [2.05, 4.69) is 10.3 Å². The zero-order valence-electron chi connectivity index (χ0n) is 10.2. The van der Waals surface area contributed by atoms with Crippen molar-refractivity contribution in [3.8, 4) is 0 Å². The van der Waals surface area contributed by atoms with Gasteiger partial charge < -0.3 is 5.32 Å². The van der Waals surface area contributed by atoms with Crippen LogP contribution in [-0.2, 0) is 0 Å². The van der Waals surface area contributed by atoms with Crippen molar-refractivity contribution >= 4 is 11.6 Å². The summed E-state index contributed by atoms with van der Waals surface area (Å²) < 4.78 is 13.9. The minimum absolute atomic E-state index is 0.252. The minimum Gasteiger partial charge on any atom is -0.309 e. The van der Waals surface area contributed by atoms with Crippen LogP contribution in [0.1, 0.15) is 22.7 Å². The lowest BCUT2D eigenvalue weighted by molar-refractivity contribution is 0.574. The quantitative estimate of drug-likeness (QED) is 0.918. The van der Waals surface area contributed by atoms with Gasteiger partial charge in [-0.1, -0.05) is 11.6 Å². The second-order valence-electron chi connectivity index (χ2n) is 4.12. The van der Waals surface area contributed by atoms with Crippen molar-refractivity contribution in [3.63, 3.8) is 0 Å². The first-order valence-electron chi connectivity index (χ1n) is 5.66. The van der Waals surface area contributed by atoms with E-state index in [-0.39, 0.29) is 11.9 Å². The maximum Gasteiger partial charge on any atom is 0.128 e. The smallest absolute Gasteiger partial charge is 0.128 e. The standard InChI is InChI=1S/C14H14ClFN2/c1-9-5-6-18-8-12(9)14(17-2)11-7-10(15)3-4-13(11)16/h3-8,14,17H,1-2H3. The van der Waals surface area contributed by atoms with Gasteiger partial charge in [0.15, 0.2) is 0 Å². The van der Waals surface area contributed by atoms with Gasteiger partial charge in [0, 0.05) is 23.0 Å². The zero-order chi connectivity index (χ0) is 13.1. The van der Waals surface area contributed by atoms with Crippen LogP contribution in [0.15, 0.2) is 36.7 Å². The molecule has 2 rings (SSSR count). The molecule has 4 heteroatoms. The maximum atomic E-state index is 13.9. The van der Waals surface area contributed by atoms with E-state index in [1.165, 1.54) is 6.07 Å². The third-order valence-corrected chi connectivity index (χ3v) is 3.18. The lowest BCUT2D eigenvalue weighted by atomic mass is 9.96. The number of hydrogen-bond acceptors (Lipinski definition) is 2. The number of benzene rings is 1. The van der Waals surface area contributed by atoms with E-state index in [4.69, 9.17) is 11.6 Å². The highest BCUT2D eigenvalue weighted by Crippen LogP contribution is 2.27. The van der Waals surface area contributed by atoms with Gasteiger partial charge in [0.05, 0.1) is 6.04 Å². The summed E-state index contributed by atoms with van der Waals surface area (Å²) in [6, 6.07) is 6.22. The first-order valence-corrected chi connectivity index (χ1v) is 6.04. The summed E-state index contributed by atoms with van der Waals surface area (Å²) in [5.41, 5.74) is 2.53. The average molecular weight is 265 g/mol. The lowest BCUT2D eigenvalue weighted by Crippen LogP contribution is -2.20. The fourth-order valence-corrected chi connectivity index (χ4v) is 2.17. The van der Waals surface area contributed by atoms with Gasteiger partial charge in [-0.15, -0.1) is 0 Å². The summed E-state index contributed by atoms with van der Waals surface area (Å²) >= 11 is 5.94. The summed E-state index contributed by atoms with van der Waals surface area (Å²) in [6.07, 6.45) is 3.47. The van der Waals surface area contributed by atoms with Crippen LogP contribution < -0.4 is 5.32 Å². The van der Waals surface area contributed by atoms with Gasteiger partial charge in [0.2, 0.25) is 0 Å². The third-order valence-electron chi connectivity index (χ3n) is 2.95. The lowest BCUT2D eigenvalue weighted by Gasteiger charge is -2.19. The predicted molar refractivity (Wildman–Crippen MR) is 71.3 cm³/mol. The Bertz CT molecular complexity index is 557. The number of rotatable bonds is 3. The van der Waals surface area contributed by atoms with E-state index in [1.807, 2.05) is 13.0 Å². The Morgan fingerprint density at radius 2 is 2.06 bits per heavy atom. The van der Waals surface area contributed by atoms with Gasteiger partial charge in [-0.3, -0.25) is 4.98 Å². The van der Waals surface area contributed by atoms with Gasteiger partial charge in [-0.2, -0.15) is 0 Å². The molecule has 1 aromatic heterocycles. The van der Waals surface area contributed by atoms with Crippen molar-refractivity contribution in [2.75, 3.05) is 7.05 Å². The van der Waals surface area contributed by atoms with E-state index < -0.39 is 0 Å². The Balaban J connectivity index is 2.52. The summed E-state index contributed by atoms with van der Waals surface area (Å²) in [6.45, 7) is 1.98. The summed E-state index contributed by atoms with van der Waals surface area (Å²) in [5.74, 6) is -0.276. The van der Waals surface area contributed by atoms with Crippen LogP contribution in [-0.4, -0.2) is 12.0 Å². The molecule has 0 fully saturated rings. The van der Waals surface area contributed by atoms with E-state index in [9.17, 15) is 4.39 Å². The Morgan fingerprint density at radius 3 is 2.72 bits per heavy atom.